The van der Waals surface area contributed by atoms with Crippen molar-refractivity contribution in [2.75, 3.05) is 0 Å². The average Bonchev–Trinajstić information content (AvgIpc) is 1.55. The highest BCUT2D eigenvalue weighted by Gasteiger charge is 2.29. The maximum absolute atomic E-state index is 7.46. The molecule has 28 aromatic rings. The summed E-state index contributed by atoms with van der Waals surface area (Å²) < 4.78 is 28.1. The quantitative estimate of drug-likeness (QED) is 0.130. The summed E-state index contributed by atoms with van der Waals surface area (Å²) in [6.07, 6.45) is 0. The summed E-state index contributed by atoms with van der Waals surface area (Å²) in [6, 6.07) is 136. The Morgan fingerprint density at radius 2 is 0.516 bits per heavy atom. The van der Waals surface area contributed by atoms with Gasteiger partial charge in [0.05, 0.1) is 50.0 Å². The van der Waals surface area contributed by atoms with E-state index in [-0.39, 0.29) is 0 Å². The first-order valence-electron chi connectivity index (χ1n) is 42.5. The van der Waals surface area contributed by atoms with Gasteiger partial charge in [0.15, 0.2) is 29.1 Å². The lowest BCUT2D eigenvalue weighted by Crippen LogP contribution is -2.08. The highest BCUT2D eigenvalue weighted by Crippen LogP contribution is 2.48. The highest BCUT2D eigenvalue weighted by atomic mass is 16.3. The standard InChI is InChI=1S/C114H63N9O3/c1-3-24-67-58-99-89(56-65(67)22-1)82-29-9-13-37-95(82)121(99)101-60-91-85-32-12-17-41-103(85)124-105(91)62-93(101)112-116-109(73-48-51-76-70(54-73)44-43-64-21-5-6-26-75(64)76)115-110(117-112)74-49-52-78-71(55-74)46-45-69-53-72(47-50-77(69)78)79-33-19-35-87-92-61-102(122-96-38-14-10-30-83(96)90-57-66-23-2-4-25-68(66)59-100(90)122)94(63-106(92)126-107(79)87)113-118-111(88-36-20-34-86-84-31-11-18-42-104(84)125-108(86)88)119-114(120-113)123-97-39-15-7-27-80(97)81-28-8-16-40-98(81)123/h1-63H. The number of hydrogen-bond donors (Lipinski definition) is 0. The fourth-order valence-corrected chi connectivity index (χ4v) is 20.4. The summed E-state index contributed by atoms with van der Waals surface area (Å²) in [5.74, 6) is 2.98. The van der Waals surface area contributed by atoms with E-state index in [1.54, 1.807) is 0 Å². The molecule has 0 saturated heterocycles. The van der Waals surface area contributed by atoms with Crippen LogP contribution in [0.3, 0.4) is 0 Å². The molecule has 0 bridgehead atoms. The second-order valence-corrected chi connectivity index (χ2v) is 33.2. The maximum Gasteiger partial charge on any atom is 0.238 e. The first kappa shape index (κ1) is 68.5. The molecule has 12 nitrogen and oxygen atoms in total. The van der Waals surface area contributed by atoms with Crippen molar-refractivity contribution >= 4 is 196 Å². The molecule has 582 valence electrons. The molecule has 0 N–H and O–H groups in total. The fourth-order valence-electron chi connectivity index (χ4n) is 20.4. The minimum atomic E-state index is 0.456. The van der Waals surface area contributed by atoms with Gasteiger partial charge < -0.3 is 22.4 Å². The molecule has 0 atom stereocenters. The van der Waals surface area contributed by atoms with E-state index in [4.69, 9.17) is 43.2 Å². The van der Waals surface area contributed by atoms with Crippen LogP contribution in [0.5, 0.6) is 0 Å². The van der Waals surface area contributed by atoms with Crippen molar-refractivity contribution in [3.8, 4) is 85.4 Å². The molecule has 8 heterocycles. The zero-order valence-electron chi connectivity index (χ0n) is 67.1. The van der Waals surface area contributed by atoms with Crippen molar-refractivity contribution in [1.29, 1.82) is 0 Å². The van der Waals surface area contributed by atoms with Crippen LogP contribution < -0.4 is 0 Å². The van der Waals surface area contributed by atoms with E-state index in [9.17, 15) is 0 Å². The number of para-hydroxylation sites is 8. The lowest BCUT2D eigenvalue weighted by molar-refractivity contribution is 0.668. The van der Waals surface area contributed by atoms with Gasteiger partial charge in [0.2, 0.25) is 5.95 Å². The zero-order chi connectivity index (χ0) is 82.1. The van der Waals surface area contributed by atoms with Crippen LogP contribution >= 0.6 is 0 Å². The van der Waals surface area contributed by atoms with Gasteiger partial charge in [0.25, 0.3) is 0 Å². The molecule has 126 heavy (non-hydrogen) atoms. The van der Waals surface area contributed by atoms with E-state index < -0.39 is 0 Å². The van der Waals surface area contributed by atoms with Crippen molar-refractivity contribution in [2.45, 2.75) is 0 Å². The Kier molecular flexibility index (Phi) is 14.2. The molecule has 28 rings (SSSR count). The summed E-state index contributed by atoms with van der Waals surface area (Å²) in [5.41, 5.74) is 18.4. The summed E-state index contributed by atoms with van der Waals surface area (Å²) in [6.45, 7) is 0. The largest absolute Gasteiger partial charge is 0.456 e. The molecule has 0 saturated carbocycles. The Bertz CT molecular complexity index is 9620. The minimum Gasteiger partial charge on any atom is -0.456 e. The van der Waals surface area contributed by atoms with Gasteiger partial charge in [-0.05, 0) is 179 Å². The Morgan fingerprint density at radius 3 is 1.07 bits per heavy atom. The summed E-state index contributed by atoms with van der Waals surface area (Å²) in [4.78, 5) is 33.6. The second-order valence-electron chi connectivity index (χ2n) is 33.2. The van der Waals surface area contributed by atoms with Crippen molar-refractivity contribution < 1.29 is 13.3 Å². The normalized spacial score (nSPS) is 12.3. The fraction of sp³-hybridized carbons (Fsp3) is 0. The van der Waals surface area contributed by atoms with Gasteiger partial charge in [0.1, 0.15) is 33.5 Å². The van der Waals surface area contributed by atoms with Gasteiger partial charge in [-0.25, -0.2) is 19.9 Å². The maximum atomic E-state index is 7.46. The van der Waals surface area contributed by atoms with Gasteiger partial charge in [-0.15, -0.1) is 0 Å². The average molecular weight is 1610 g/mol. The van der Waals surface area contributed by atoms with E-state index >= 15 is 0 Å². The van der Waals surface area contributed by atoms with Crippen LogP contribution in [0.25, 0.3) is 281 Å². The number of furan rings is 3. The number of nitrogens with zero attached hydrogens (tertiary/aromatic N) is 9. The van der Waals surface area contributed by atoms with Gasteiger partial charge in [0, 0.05) is 92.5 Å². The molecule has 0 aliphatic rings. The lowest BCUT2D eigenvalue weighted by Gasteiger charge is -2.16. The lowest BCUT2D eigenvalue weighted by atomic mass is 9.95. The highest BCUT2D eigenvalue weighted by molar-refractivity contribution is 6.20. The summed E-state index contributed by atoms with van der Waals surface area (Å²) in [7, 11) is 0. The first-order chi connectivity index (χ1) is 62.4. The molecule has 0 radical (unpaired) electrons. The molecule has 0 spiro atoms. The molecule has 12 heteroatoms. The van der Waals surface area contributed by atoms with Crippen LogP contribution in [-0.2, 0) is 0 Å². The predicted molar refractivity (Wildman–Crippen MR) is 516 cm³/mol. The molecular formula is C114H63N9O3. The Balaban J connectivity index is 0.620. The SMILES string of the molecule is c1ccc2cc3c(cc2c1)c1ccccc1n3-c1cc2c(cc1-c1nc(-c3ccc4c(ccc5ccccc54)c3)nc(-c3ccc4c(ccc5cc(-c6cccc7c6oc6cc(-c8nc(-c9cccc%10c9oc9ccccc9%10)nc(-n9c%10ccccc%10c%10ccccc%109)n8)c(-n8c9ccccc9c9cc%10ccccc%10cc98)cc67)ccc54)c3)n1)oc1ccccc12. The van der Waals surface area contributed by atoms with Crippen LogP contribution in [0.4, 0.5) is 0 Å². The third-order valence-electron chi connectivity index (χ3n) is 26.2. The molecule has 0 aliphatic heterocycles. The van der Waals surface area contributed by atoms with Crippen LogP contribution in [0.2, 0.25) is 0 Å². The predicted octanol–water partition coefficient (Wildman–Crippen LogP) is 30.0. The van der Waals surface area contributed by atoms with Crippen molar-refractivity contribution in [3.05, 3.63) is 382 Å². The molecule has 20 aromatic carbocycles. The van der Waals surface area contributed by atoms with Gasteiger partial charge in [-0.3, -0.25) is 4.57 Å². The van der Waals surface area contributed by atoms with Crippen molar-refractivity contribution in [2.24, 2.45) is 0 Å². The molecule has 0 amide bonds. The topological polar surface area (TPSA) is 132 Å². The van der Waals surface area contributed by atoms with E-state index in [0.717, 1.165) is 219 Å². The third kappa shape index (κ3) is 10.2. The summed E-state index contributed by atoms with van der Waals surface area (Å²) in [5, 5.41) is 26.2. The smallest absolute Gasteiger partial charge is 0.238 e. The zero-order valence-corrected chi connectivity index (χ0v) is 67.1. The third-order valence-corrected chi connectivity index (χ3v) is 26.2. The van der Waals surface area contributed by atoms with E-state index in [0.29, 0.717) is 46.2 Å². The van der Waals surface area contributed by atoms with Gasteiger partial charge >= 0.3 is 0 Å². The Labute approximate surface area is 715 Å². The van der Waals surface area contributed by atoms with Crippen LogP contribution in [0.1, 0.15) is 0 Å². The number of hydrogen-bond acceptors (Lipinski definition) is 9. The molecular weight excluding hydrogens is 1540 g/mol. The van der Waals surface area contributed by atoms with Crippen LogP contribution in [0.15, 0.2) is 395 Å². The number of fused-ring (bicyclic) bond motifs is 26. The monoisotopic (exact) mass is 1610 g/mol. The first-order valence-corrected chi connectivity index (χ1v) is 42.5. The van der Waals surface area contributed by atoms with E-state index in [2.05, 4.69) is 366 Å². The number of aromatic nitrogens is 9. The number of benzene rings is 20. The molecule has 0 unspecified atom stereocenters. The second kappa shape index (κ2) is 26.2. The molecule has 0 aliphatic carbocycles. The molecule has 8 aromatic heterocycles. The van der Waals surface area contributed by atoms with E-state index in [1.807, 2.05) is 30.3 Å². The number of rotatable bonds is 9. The van der Waals surface area contributed by atoms with Gasteiger partial charge in [-0.2, -0.15) is 9.97 Å². The van der Waals surface area contributed by atoms with E-state index in [1.165, 1.54) is 16.2 Å². The van der Waals surface area contributed by atoms with Crippen LogP contribution in [-0.4, -0.2) is 43.6 Å². The Hall–Kier alpha value is -17.2. The van der Waals surface area contributed by atoms with Crippen molar-refractivity contribution in [3.63, 3.8) is 0 Å². The Morgan fingerprint density at radius 1 is 0.167 bits per heavy atom. The van der Waals surface area contributed by atoms with Crippen molar-refractivity contribution in [1.82, 2.24) is 43.6 Å². The van der Waals surface area contributed by atoms with Gasteiger partial charge in [-0.1, -0.05) is 273 Å². The summed E-state index contributed by atoms with van der Waals surface area (Å²) >= 11 is 0. The minimum absolute atomic E-state index is 0.456. The molecule has 0 fully saturated rings. The van der Waals surface area contributed by atoms with Crippen LogP contribution in [0, 0.1) is 0 Å².